The lowest BCUT2D eigenvalue weighted by Gasteiger charge is -2.33. The third-order valence-electron chi connectivity index (χ3n) is 3.71. The fourth-order valence-electron chi connectivity index (χ4n) is 3.09. The zero-order chi connectivity index (χ0) is 17.5. The van der Waals surface area contributed by atoms with Crippen molar-refractivity contribution in [3.05, 3.63) is 29.8 Å². The maximum absolute atomic E-state index is 5.72. The van der Waals surface area contributed by atoms with Gasteiger partial charge in [-0.3, -0.25) is 0 Å². The van der Waals surface area contributed by atoms with E-state index < -0.39 is 0 Å². The molecule has 0 amide bonds. The van der Waals surface area contributed by atoms with Crippen LogP contribution in [0.15, 0.2) is 24.3 Å². The molecule has 132 valence electrons. The number of rotatable bonds is 9. The van der Waals surface area contributed by atoms with Gasteiger partial charge in [-0.15, -0.1) is 0 Å². The molecule has 0 aliphatic carbocycles. The number of benzene rings is 1. The van der Waals surface area contributed by atoms with Gasteiger partial charge in [-0.25, -0.2) is 0 Å². The minimum absolute atomic E-state index is 0.160. The van der Waals surface area contributed by atoms with Crippen LogP contribution in [0.25, 0.3) is 0 Å². The average molecular weight is 322 g/mol. The van der Waals surface area contributed by atoms with Crippen molar-refractivity contribution in [2.24, 2.45) is 5.41 Å². The van der Waals surface area contributed by atoms with Crippen molar-refractivity contribution < 1.29 is 14.2 Å². The minimum atomic E-state index is -0.177. The van der Waals surface area contributed by atoms with E-state index in [1.54, 1.807) is 0 Å². The molecule has 23 heavy (non-hydrogen) atoms. The van der Waals surface area contributed by atoms with Gasteiger partial charge >= 0.3 is 0 Å². The Kier molecular flexibility index (Phi) is 7.56. The first-order valence-electron chi connectivity index (χ1n) is 8.60. The molecule has 1 rings (SSSR count). The van der Waals surface area contributed by atoms with Gasteiger partial charge in [0.1, 0.15) is 12.4 Å². The lowest BCUT2D eigenvalue weighted by atomic mass is 9.72. The number of ether oxygens (including phenoxy) is 3. The van der Waals surface area contributed by atoms with Crippen molar-refractivity contribution in [1.82, 2.24) is 0 Å². The number of hydrogen-bond donors (Lipinski definition) is 0. The first-order valence-corrected chi connectivity index (χ1v) is 8.60. The Morgan fingerprint density at radius 2 is 1.52 bits per heavy atom. The highest BCUT2D eigenvalue weighted by atomic mass is 16.7. The Morgan fingerprint density at radius 1 is 0.913 bits per heavy atom. The summed E-state index contributed by atoms with van der Waals surface area (Å²) in [4.78, 5) is 0. The third kappa shape index (κ3) is 7.85. The molecular weight excluding hydrogens is 288 g/mol. The van der Waals surface area contributed by atoms with Gasteiger partial charge in [0.25, 0.3) is 0 Å². The Morgan fingerprint density at radius 3 is 2.04 bits per heavy atom. The third-order valence-corrected chi connectivity index (χ3v) is 3.71. The molecule has 0 radical (unpaired) electrons. The summed E-state index contributed by atoms with van der Waals surface area (Å²) < 4.78 is 16.5. The topological polar surface area (TPSA) is 27.7 Å². The Labute approximate surface area is 142 Å². The van der Waals surface area contributed by atoms with Crippen LogP contribution in [0, 0.1) is 5.41 Å². The van der Waals surface area contributed by atoms with Crippen molar-refractivity contribution >= 4 is 0 Å². The SMILES string of the molecule is CCOC(C)OCCOc1ccc(C(C)(C)CC(C)(C)C)cc1. The van der Waals surface area contributed by atoms with E-state index in [0.29, 0.717) is 25.2 Å². The highest BCUT2D eigenvalue weighted by Gasteiger charge is 2.27. The maximum Gasteiger partial charge on any atom is 0.154 e. The average Bonchev–Trinajstić information content (AvgIpc) is 2.42. The summed E-state index contributed by atoms with van der Waals surface area (Å²) in [6, 6.07) is 8.44. The van der Waals surface area contributed by atoms with E-state index in [-0.39, 0.29) is 11.7 Å². The summed E-state index contributed by atoms with van der Waals surface area (Å²) in [6.07, 6.45) is 0.966. The second kappa shape index (κ2) is 8.70. The van der Waals surface area contributed by atoms with Crippen LogP contribution >= 0.6 is 0 Å². The molecule has 0 N–H and O–H groups in total. The lowest BCUT2D eigenvalue weighted by Crippen LogP contribution is -2.24. The van der Waals surface area contributed by atoms with Crippen molar-refractivity contribution in [2.75, 3.05) is 19.8 Å². The van der Waals surface area contributed by atoms with E-state index in [4.69, 9.17) is 14.2 Å². The Hall–Kier alpha value is -1.06. The summed E-state index contributed by atoms with van der Waals surface area (Å²) in [5.41, 5.74) is 1.82. The second-order valence-corrected chi connectivity index (χ2v) is 7.89. The lowest BCUT2D eigenvalue weighted by molar-refractivity contribution is -0.131. The monoisotopic (exact) mass is 322 g/mol. The maximum atomic E-state index is 5.72. The highest BCUT2D eigenvalue weighted by Crippen LogP contribution is 2.36. The quantitative estimate of drug-likeness (QED) is 0.463. The Balaban J connectivity index is 2.47. The molecule has 0 aliphatic heterocycles. The van der Waals surface area contributed by atoms with E-state index >= 15 is 0 Å². The van der Waals surface area contributed by atoms with Crippen LogP contribution < -0.4 is 4.74 Å². The van der Waals surface area contributed by atoms with Gasteiger partial charge in [-0.1, -0.05) is 46.8 Å². The van der Waals surface area contributed by atoms with Gasteiger partial charge < -0.3 is 14.2 Å². The van der Waals surface area contributed by atoms with Gasteiger partial charge in [0.2, 0.25) is 0 Å². The molecule has 0 aliphatic rings. The molecule has 1 unspecified atom stereocenters. The summed E-state index contributed by atoms with van der Waals surface area (Å²) in [6.45, 7) is 17.0. The molecule has 3 heteroatoms. The molecule has 0 saturated carbocycles. The van der Waals surface area contributed by atoms with Crippen LogP contribution in [-0.2, 0) is 14.9 Å². The second-order valence-electron chi connectivity index (χ2n) is 7.89. The van der Waals surface area contributed by atoms with Crippen molar-refractivity contribution in [3.8, 4) is 5.75 Å². The van der Waals surface area contributed by atoms with Gasteiger partial charge in [-0.05, 0) is 48.8 Å². The van der Waals surface area contributed by atoms with Gasteiger partial charge in [0.05, 0.1) is 6.61 Å². The molecule has 0 aromatic heterocycles. The molecule has 1 aromatic rings. The fraction of sp³-hybridized carbons (Fsp3) is 0.700. The van der Waals surface area contributed by atoms with Crippen molar-refractivity contribution in [3.63, 3.8) is 0 Å². The molecule has 0 spiro atoms. The molecule has 0 saturated heterocycles. The van der Waals surface area contributed by atoms with Crippen LogP contribution in [0.5, 0.6) is 5.75 Å². The largest absolute Gasteiger partial charge is 0.491 e. The zero-order valence-corrected chi connectivity index (χ0v) is 15.9. The van der Waals surface area contributed by atoms with Gasteiger partial charge in [0, 0.05) is 6.61 Å². The van der Waals surface area contributed by atoms with Crippen LogP contribution in [0.3, 0.4) is 0 Å². The van der Waals surface area contributed by atoms with Crippen molar-refractivity contribution in [2.45, 2.75) is 66.6 Å². The molecule has 0 heterocycles. The molecule has 3 nitrogen and oxygen atoms in total. The van der Waals surface area contributed by atoms with E-state index in [0.717, 1.165) is 12.2 Å². The highest BCUT2D eigenvalue weighted by molar-refractivity contribution is 5.31. The molecule has 1 atom stereocenters. The summed E-state index contributed by atoms with van der Waals surface area (Å²) in [5.74, 6) is 0.882. The summed E-state index contributed by atoms with van der Waals surface area (Å²) in [7, 11) is 0. The fourth-order valence-corrected chi connectivity index (χ4v) is 3.09. The predicted octanol–water partition coefficient (Wildman–Crippen LogP) is 5.18. The Bertz CT molecular complexity index is 443. The van der Waals surface area contributed by atoms with E-state index in [2.05, 4.69) is 46.8 Å². The minimum Gasteiger partial charge on any atom is -0.491 e. The molecule has 0 fully saturated rings. The summed E-state index contributed by atoms with van der Waals surface area (Å²) in [5, 5.41) is 0. The summed E-state index contributed by atoms with van der Waals surface area (Å²) >= 11 is 0. The van der Waals surface area contributed by atoms with E-state index in [1.165, 1.54) is 5.56 Å². The normalized spacial score (nSPS) is 13.9. The first-order chi connectivity index (χ1) is 10.6. The van der Waals surface area contributed by atoms with E-state index in [1.807, 2.05) is 26.0 Å². The number of hydrogen-bond acceptors (Lipinski definition) is 3. The van der Waals surface area contributed by atoms with E-state index in [9.17, 15) is 0 Å². The predicted molar refractivity (Wildman–Crippen MR) is 96.1 cm³/mol. The van der Waals surface area contributed by atoms with Crippen LogP contribution in [-0.4, -0.2) is 26.1 Å². The van der Waals surface area contributed by atoms with Crippen LogP contribution in [0.1, 0.15) is 60.5 Å². The zero-order valence-electron chi connectivity index (χ0n) is 15.9. The smallest absolute Gasteiger partial charge is 0.154 e. The van der Waals surface area contributed by atoms with Crippen LogP contribution in [0.2, 0.25) is 0 Å². The van der Waals surface area contributed by atoms with Crippen molar-refractivity contribution in [1.29, 1.82) is 0 Å². The molecule has 0 bridgehead atoms. The first kappa shape index (κ1) is 20.0. The van der Waals surface area contributed by atoms with Crippen LogP contribution in [0.4, 0.5) is 0 Å². The van der Waals surface area contributed by atoms with Gasteiger partial charge in [0.15, 0.2) is 6.29 Å². The molecular formula is C20H34O3. The van der Waals surface area contributed by atoms with Gasteiger partial charge in [-0.2, -0.15) is 0 Å². The molecule has 1 aromatic carbocycles. The standard InChI is InChI=1S/C20H34O3/c1-8-21-16(2)22-13-14-23-18-11-9-17(10-12-18)20(6,7)15-19(3,4)5/h9-12,16H,8,13-15H2,1-7H3.